The highest BCUT2D eigenvalue weighted by molar-refractivity contribution is 5.71. The molecule has 0 bridgehead atoms. The van der Waals surface area contributed by atoms with Gasteiger partial charge in [0.15, 0.2) is 6.10 Å². The summed E-state index contributed by atoms with van der Waals surface area (Å²) in [6.45, 7) is 6.16. The molecule has 0 saturated carbocycles. The van der Waals surface area contributed by atoms with E-state index in [2.05, 4.69) is 154 Å². The van der Waals surface area contributed by atoms with Gasteiger partial charge in [0.2, 0.25) is 0 Å². The molecule has 0 aromatic carbocycles. The van der Waals surface area contributed by atoms with Crippen molar-refractivity contribution >= 4 is 17.9 Å². The first kappa shape index (κ1) is 60.3. The summed E-state index contributed by atoms with van der Waals surface area (Å²) in [6.07, 6.45) is 74.2. The maximum Gasteiger partial charge on any atom is 0.306 e. The van der Waals surface area contributed by atoms with E-state index in [1.165, 1.54) is 25.7 Å². The number of allylic oxidation sites excluding steroid dienone is 24. The van der Waals surface area contributed by atoms with Crippen molar-refractivity contribution in [2.24, 2.45) is 0 Å². The fourth-order valence-corrected chi connectivity index (χ4v) is 6.15. The maximum absolute atomic E-state index is 12.8. The van der Waals surface area contributed by atoms with Gasteiger partial charge in [0, 0.05) is 19.3 Å². The molecule has 0 aromatic heterocycles. The number of ether oxygens (including phenoxy) is 3. The second-order valence-electron chi connectivity index (χ2n) is 15.9. The molecule has 0 aromatic rings. The van der Waals surface area contributed by atoms with Crippen molar-refractivity contribution in [1.82, 2.24) is 0 Å². The molecular weight excluding hydrogens is 805 g/mol. The lowest BCUT2D eigenvalue weighted by molar-refractivity contribution is -0.166. The first-order valence-electron chi connectivity index (χ1n) is 25.3. The minimum Gasteiger partial charge on any atom is -0.462 e. The van der Waals surface area contributed by atoms with Gasteiger partial charge in [-0.3, -0.25) is 14.4 Å². The fraction of sp³-hybridized carbons (Fsp3) is 0.542. The van der Waals surface area contributed by atoms with E-state index in [0.29, 0.717) is 19.3 Å². The third-order valence-corrected chi connectivity index (χ3v) is 9.83. The lowest BCUT2D eigenvalue weighted by Crippen LogP contribution is -2.30. The van der Waals surface area contributed by atoms with Crippen LogP contribution in [0.3, 0.4) is 0 Å². The summed E-state index contributed by atoms with van der Waals surface area (Å²) in [7, 11) is 0. The topological polar surface area (TPSA) is 78.9 Å². The average Bonchev–Trinajstić information content (AvgIpc) is 3.30. The van der Waals surface area contributed by atoms with E-state index >= 15 is 0 Å². The summed E-state index contributed by atoms with van der Waals surface area (Å²) in [5, 5.41) is 0. The van der Waals surface area contributed by atoms with Crippen molar-refractivity contribution in [1.29, 1.82) is 0 Å². The van der Waals surface area contributed by atoms with Crippen LogP contribution in [0.15, 0.2) is 146 Å². The van der Waals surface area contributed by atoms with Crippen molar-refractivity contribution in [2.75, 3.05) is 13.2 Å². The van der Waals surface area contributed by atoms with Crippen LogP contribution in [-0.4, -0.2) is 37.2 Å². The van der Waals surface area contributed by atoms with Gasteiger partial charge in [-0.1, -0.05) is 199 Å². The summed E-state index contributed by atoms with van der Waals surface area (Å²) in [4.78, 5) is 37.9. The number of carbonyl (C=O) groups excluding carboxylic acids is 3. The van der Waals surface area contributed by atoms with Crippen LogP contribution in [0.2, 0.25) is 0 Å². The molecule has 0 aliphatic rings. The predicted molar refractivity (Wildman–Crippen MR) is 279 cm³/mol. The molecule has 1 unspecified atom stereocenters. The Balaban J connectivity index is 4.63. The molecule has 0 aliphatic heterocycles. The van der Waals surface area contributed by atoms with Crippen LogP contribution >= 0.6 is 0 Å². The number of rotatable bonds is 43. The minimum absolute atomic E-state index is 0.136. The number of hydrogen-bond acceptors (Lipinski definition) is 6. The Morgan fingerprint density at radius 1 is 0.308 bits per heavy atom. The van der Waals surface area contributed by atoms with Gasteiger partial charge in [-0.05, 0) is 116 Å². The SMILES string of the molecule is CC/C=C\C/C=C\C/C=C\C/C=C\C/C=C\CCCC(=O)OCC(COC(=O)CCCCCCCCC/C=C\C/C=C\CC)OC(=O)CC/C=C\C/C=C\C/C=C\C/C=C\C/C=C\CC. The first-order valence-corrected chi connectivity index (χ1v) is 25.3. The van der Waals surface area contributed by atoms with Gasteiger partial charge in [-0.15, -0.1) is 0 Å². The third kappa shape index (κ3) is 50.2. The summed E-state index contributed by atoms with van der Waals surface area (Å²) in [5.41, 5.74) is 0. The normalized spacial score (nSPS) is 13.3. The number of hydrogen-bond donors (Lipinski definition) is 0. The van der Waals surface area contributed by atoms with Crippen LogP contribution in [0.4, 0.5) is 0 Å². The van der Waals surface area contributed by atoms with Crippen molar-refractivity contribution in [2.45, 2.75) is 194 Å². The molecule has 6 nitrogen and oxygen atoms in total. The van der Waals surface area contributed by atoms with Gasteiger partial charge in [0.05, 0.1) is 0 Å². The van der Waals surface area contributed by atoms with Gasteiger partial charge < -0.3 is 14.2 Å². The van der Waals surface area contributed by atoms with Crippen LogP contribution in [0.5, 0.6) is 0 Å². The molecule has 0 amide bonds. The molecule has 0 radical (unpaired) electrons. The van der Waals surface area contributed by atoms with Gasteiger partial charge >= 0.3 is 17.9 Å². The van der Waals surface area contributed by atoms with Crippen molar-refractivity contribution < 1.29 is 28.6 Å². The Morgan fingerprint density at radius 3 is 0.985 bits per heavy atom. The highest BCUT2D eigenvalue weighted by Crippen LogP contribution is 2.12. The molecule has 1 atom stereocenters. The monoisotopic (exact) mass is 895 g/mol. The molecule has 0 saturated heterocycles. The van der Waals surface area contributed by atoms with Crippen LogP contribution in [0, 0.1) is 0 Å². The zero-order valence-electron chi connectivity index (χ0n) is 41.2. The van der Waals surface area contributed by atoms with E-state index < -0.39 is 12.1 Å². The minimum atomic E-state index is -0.850. The second-order valence-corrected chi connectivity index (χ2v) is 15.9. The fourth-order valence-electron chi connectivity index (χ4n) is 6.15. The largest absolute Gasteiger partial charge is 0.462 e. The highest BCUT2D eigenvalue weighted by Gasteiger charge is 2.19. The molecule has 0 heterocycles. The molecule has 6 heteroatoms. The standard InChI is InChI=1S/C59H90O6/c1-4-7-10-13-16-19-22-25-28-30-32-34-37-40-43-46-49-52-58(61)64-55-56(54-63-57(60)51-48-45-42-39-36-33-27-24-21-18-15-12-9-6-3)65-59(62)53-50-47-44-41-38-35-31-29-26-23-20-17-14-11-8-5-2/h7-12,16-21,25-26,28-29,32,34-35,38,40,43-44,47,56H,4-6,13-15,22-24,27,30-31,33,36-37,39,41-42,45-46,48-55H2,1-3H3/b10-7-,11-8-,12-9-,19-16-,20-17-,21-18-,28-25-,29-26-,34-32-,38-35-,43-40-,47-44-. The predicted octanol–water partition coefficient (Wildman–Crippen LogP) is 16.9. The van der Waals surface area contributed by atoms with E-state index in [1.807, 2.05) is 12.2 Å². The number of unbranched alkanes of at least 4 members (excludes halogenated alkanes) is 8. The first-order chi connectivity index (χ1) is 32.0. The van der Waals surface area contributed by atoms with Gasteiger partial charge in [-0.25, -0.2) is 0 Å². The van der Waals surface area contributed by atoms with Gasteiger partial charge in [0.25, 0.3) is 0 Å². The lowest BCUT2D eigenvalue weighted by Gasteiger charge is -2.18. The van der Waals surface area contributed by atoms with E-state index in [-0.39, 0.29) is 38.0 Å². The molecule has 0 fully saturated rings. The number of esters is 3. The second kappa shape index (κ2) is 51.9. The quantitative estimate of drug-likeness (QED) is 0.0263. The molecular formula is C59H90O6. The summed E-state index contributed by atoms with van der Waals surface area (Å²) in [5.74, 6) is -1.10. The van der Waals surface area contributed by atoms with Gasteiger partial charge in [-0.2, -0.15) is 0 Å². The average molecular weight is 895 g/mol. The van der Waals surface area contributed by atoms with Crippen LogP contribution < -0.4 is 0 Å². The highest BCUT2D eigenvalue weighted by atomic mass is 16.6. The maximum atomic E-state index is 12.8. The Labute approximate surface area is 397 Å². The molecule has 362 valence electrons. The lowest BCUT2D eigenvalue weighted by atomic mass is 10.1. The van der Waals surface area contributed by atoms with Crippen LogP contribution in [0.1, 0.15) is 188 Å². The van der Waals surface area contributed by atoms with Gasteiger partial charge in [0.1, 0.15) is 13.2 Å². The Hall–Kier alpha value is -4.71. The van der Waals surface area contributed by atoms with Crippen LogP contribution in [0.25, 0.3) is 0 Å². The van der Waals surface area contributed by atoms with E-state index in [9.17, 15) is 14.4 Å². The van der Waals surface area contributed by atoms with Crippen molar-refractivity contribution in [3.05, 3.63) is 146 Å². The molecule has 0 rings (SSSR count). The van der Waals surface area contributed by atoms with Crippen molar-refractivity contribution in [3.8, 4) is 0 Å². The number of carbonyl (C=O) groups is 3. The van der Waals surface area contributed by atoms with Crippen LogP contribution in [-0.2, 0) is 28.6 Å². The Morgan fingerprint density at radius 2 is 0.600 bits per heavy atom. The zero-order chi connectivity index (χ0) is 47.2. The zero-order valence-corrected chi connectivity index (χ0v) is 41.2. The van der Waals surface area contributed by atoms with Crippen molar-refractivity contribution in [3.63, 3.8) is 0 Å². The summed E-state index contributed by atoms with van der Waals surface area (Å²) >= 11 is 0. The molecule has 65 heavy (non-hydrogen) atoms. The molecule has 0 aliphatic carbocycles. The summed E-state index contributed by atoms with van der Waals surface area (Å²) in [6, 6.07) is 0. The Kier molecular flexibility index (Phi) is 48.2. The molecule has 0 N–H and O–H groups in total. The smallest absolute Gasteiger partial charge is 0.306 e. The molecule has 0 spiro atoms. The Bertz CT molecular complexity index is 1490. The van der Waals surface area contributed by atoms with E-state index in [0.717, 1.165) is 109 Å². The van der Waals surface area contributed by atoms with E-state index in [1.54, 1.807) is 0 Å². The summed E-state index contributed by atoms with van der Waals surface area (Å²) < 4.78 is 16.7. The third-order valence-electron chi connectivity index (χ3n) is 9.83. The van der Waals surface area contributed by atoms with E-state index in [4.69, 9.17) is 14.2 Å².